The maximum absolute atomic E-state index is 15.3. The average Bonchev–Trinajstić information content (AvgIpc) is 2.65. The van der Waals surface area contributed by atoms with Gasteiger partial charge in [-0.25, -0.2) is 0 Å². The van der Waals surface area contributed by atoms with Crippen LogP contribution in [-0.2, 0) is 4.80 Å². The summed E-state index contributed by atoms with van der Waals surface area (Å²) in [5, 5.41) is -0.157. The molecule has 0 spiro atoms. The van der Waals surface area contributed by atoms with Crippen LogP contribution < -0.4 is 0 Å². The summed E-state index contributed by atoms with van der Waals surface area (Å²) in [6.45, 7) is 21.0. The molecule has 29 heavy (non-hydrogen) atoms. The van der Waals surface area contributed by atoms with Crippen molar-refractivity contribution >= 4 is 8.32 Å². The van der Waals surface area contributed by atoms with Crippen molar-refractivity contribution in [1.82, 2.24) is 0 Å². The zero-order valence-corrected chi connectivity index (χ0v) is 23.0. The molecule has 0 aliphatic rings. The molecule has 0 aromatic rings. The maximum Gasteiger partial charge on any atom is 0.254 e. The van der Waals surface area contributed by atoms with Gasteiger partial charge in [-0.3, -0.25) is 4.80 Å². The monoisotopic (exact) mass is 425 g/mol. The van der Waals surface area contributed by atoms with Gasteiger partial charge in [0.05, 0.1) is 0 Å². The molecule has 0 aromatic heterocycles. The minimum absolute atomic E-state index is 0.0523. The molecule has 0 fully saturated rings. The van der Waals surface area contributed by atoms with Crippen LogP contribution in [0.2, 0.25) is 15.1 Å². The summed E-state index contributed by atoms with van der Waals surface area (Å²) in [5.41, 5.74) is 0. The summed E-state index contributed by atoms with van der Waals surface area (Å²) in [7, 11) is -2.86. The quantitative estimate of drug-likeness (QED) is 0.154. The highest BCUT2D eigenvalue weighted by atomic mass is 28.4. The van der Waals surface area contributed by atoms with Crippen molar-refractivity contribution in [3.63, 3.8) is 0 Å². The van der Waals surface area contributed by atoms with Gasteiger partial charge in [-0.2, -0.15) is 0 Å². The lowest BCUT2D eigenvalue weighted by atomic mass is 10.0. The summed E-state index contributed by atoms with van der Waals surface area (Å²) in [5.74, 6) is 0. The van der Waals surface area contributed by atoms with E-state index in [9.17, 15) is 0 Å². The van der Waals surface area contributed by atoms with E-state index in [1.54, 1.807) is 0 Å². The van der Waals surface area contributed by atoms with Crippen molar-refractivity contribution in [3.8, 4) is 0 Å². The molecule has 0 bridgehead atoms. The van der Waals surface area contributed by atoms with Gasteiger partial charge in [-0.05, 0) is 34.4 Å². The van der Waals surface area contributed by atoms with E-state index in [0.29, 0.717) is 0 Å². The van der Waals surface area contributed by atoms with Gasteiger partial charge in [0.15, 0.2) is 0 Å². The lowest BCUT2D eigenvalue weighted by Crippen LogP contribution is -2.60. The highest BCUT2D eigenvalue weighted by Gasteiger charge is 2.65. The first-order valence-electron chi connectivity index (χ1n) is 13.1. The normalized spacial score (nSPS) is 13.9. The van der Waals surface area contributed by atoms with Crippen LogP contribution >= 0.6 is 0 Å². The molecule has 175 valence electrons. The fraction of sp³-hybridized carbons (Fsp3) is 1.00. The molecule has 0 aliphatic heterocycles. The fourth-order valence-corrected chi connectivity index (χ4v) is 13.3. The lowest BCUT2D eigenvalue weighted by molar-refractivity contribution is 0.255. The van der Waals surface area contributed by atoms with Crippen LogP contribution in [0.25, 0.3) is 0 Å². The van der Waals surface area contributed by atoms with Crippen molar-refractivity contribution in [2.24, 2.45) is 0 Å². The van der Waals surface area contributed by atoms with Crippen molar-refractivity contribution in [3.05, 3.63) is 0 Å². The molecule has 0 amide bonds. The first kappa shape index (κ1) is 29.2. The van der Waals surface area contributed by atoms with Crippen LogP contribution in [0.3, 0.4) is 0 Å². The number of rotatable bonds is 18. The molecule has 2 heteroatoms. The molecule has 0 saturated carbocycles. The Labute approximate surface area is 187 Å². The highest BCUT2D eigenvalue weighted by Crippen LogP contribution is 2.65. The van der Waals surface area contributed by atoms with Crippen molar-refractivity contribution < 1.29 is 4.80 Å². The Kier molecular flexibility index (Phi) is 13.6. The van der Waals surface area contributed by atoms with Gasteiger partial charge in [0, 0.05) is 0 Å². The number of hydrogen-bond acceptors (Lipinski definition) is 0. The van der Waals surface area contributed by atoms with Gasteiger partial charge in [-0.1, -0.05) is 139 Å². The van der Waals surface area contributed by atoms with Crippen LogP contribution in [0, 0.1) is 0 Å². The second kappa shape index (κ2) is 13.6. The van der Waals surface area contributed by atoms with Gasteiger partial charge in [0.2, 0.25) is 0 Å². The van der Waals surface area contributed by atoms with Gasteiger partial charge in [0.1, 0.15) is 0 Å². The first-order valence-corrected chi connectivity index (χ1v) is 15.0. The van der Waals surface area contributed by atoms with E-state index in [2.05, 4.69) is 62.3 Å². The van der Waals surface area contributed by atoms with Crippen molar-refractivity contribution in [2.75, 3.05) is 0 Å². The smallest absolute Gasteiger partial charge is 0.254 e. The second-order valence-corrected chi connectivity index (χ2v) is 17.2. The summed E-state index contributed by atoms with van der Waals surface area (Å²) in [6.07, 6.45) is 18.7. The SMILES string of the molecule is CCCCCCC(C)(C)[Si]([O])(C(C)(C)CCCCCC)C(C)(C)CCCCCC. The number of unbranched alkanes of at least 4 members (excludes halogenated alkanes) is 9. The Morgan fingerprint density at radius 1 is 0.448 bits per heavy atom. The Bertz CT molecular complexity index is 351. The first-order chi connectivity index (χ1) is 13.4. The van der Waals surface area contributed by atoms with Crippen LogP contribution in [0.5, 0.6) is 0 Å². The van der Waals surface area contributed by atoms with Crippen molar-refractivity contribution in [2.45, 2.75) is 174 Å². The Morgan fingerprint density at radius 3 is 0.897 bits per heavy atom. The van der Waals surface area contributed by atoms with E-state index in [1.807, 2.05) is 0 Å². The minimum Gasteiger partial charge on any atom is -0.296 e. The molecule has 0 unspecified atom stereocenters. The Hall–Kier alpha value is 0.177. The Morgan fingerprint density at radius 2 is 0.690 bits per heavy atom. The summed E-state index contributed by atoms with van der Waals surface area (Å²) in [4.78, 5) is 15.3. The summed E-state index contributed by atoms with van der Waals surface area (Å²) < 4.78 is 0. The van der Waals surface area contributed by atoms with E-state index < -0.39 is 8.32 Å². The van der Waals surface area contributed by atoms with Gasteiger partial charge < -0.3 is 0 Å². The molecule has 0 aliphatic carbocycles. The maximum atomic E-state index is 15.3. The molecule has 1 radical (unpaired) electrons. The standard InChI is InChI=1S/C27H57OSi/c1-10-13-16-19-22-25(4,5)29(28,26(6,7)23-20-17-14-11-2)27(8,9)24-21-18-15-12-3/h10-24H2,1-9H3. The third-order valence-corrected chi connectivity index (χ3v) is 14.3. The predicted octanol–water partition coefficient (Wildman–Crippen LogP) is 10.6. The van der Waals surface area contributed by atoms with E-state index in [-0.39, 0.29) is 15.1 Å². The van der Waals surface area contributed by atoms with E-state index in [1.165, 1.54) is 77.0 Å². The van der Waals surface area contributed by atoms with E-state index in [0.717, 1.165) is 19.3 Å². The predicted molar refractivity (Wildman–Crippen MR) is 135 cm³/mol. The van der Waals surface area contributed by atoms with Crippen LogP contribution in [0.1, 0.15) is 159 Å². The molecular formula is C27H57OSi. The molecule has 0 aromatic carbocycles. The molecular weight excluding hydrogens is 368 g/mol. The van der Waals surface area contributed by atoms with Crippen LogP contribution in [-0.4, -0.2) is 8.32 Å². The zero-order valence-electron chi connectivity index (χ0n) is 22.0. The second-order valence-electron chi connectivity index (χ2n) is 11.8. The molecule has 0 N–H and O–H groups in total. The molecule has 1 nitrogen and oxygen atoms in total. The molecule has 0 heterocycles. The highest BCUT2D eigenvalue weighted by molar-refractivity contribution is 6.80. The minimum atomic E-state index is -2.86. The number of hydrogen-bond donors (Lipinski definition) is 0. The van der Waals surface area contributed by atoms with Crippen LogP contribution in [0.4, 0.5) is 0 Å². The van der Waals surface area contributed by atoms with Crippen LogP contribution in [0.15, 0.2) is 0 Å². The topological polar surface area (TPSA) is 19.9 Å². The van der Waals surface area contributed by atoms with Gasteiger partial charge >= 0.3 is 0 Å². The molecule has 0 saturated heterocycles. The van der Waals surface area contributed by atoms with Crippen molar-refractivity contribution in [1.29, 1.82) is 0 Å². The average molecular weight is 426 g/mol. The summed E-state index contributed by atoms with van der Waals surface area (Å²) >= 11 is 0. The Balaban J connectivity index is 5.63. The summed E-state index contributed by atoms with van der Waals surface area (Å²) in [6, 6.07) is 0. The third-order valence-electron chi connectivity index (χ3n) is 7.83. The molecule has 0 rings (SSSR count). The molecule has 0 atom stereocenters. The van der Waals surface area contributed by atoms with Gasteiger partial charge in [0.25, 0.3) is 8.32 Å². The van der Waals surface area contributed by atoms with Gasteiger partial charge in [-0.15, -0.1) is 0 Å². The van der Waals surface area contributed by atoms with E-state index in [4.69, 9.17) is 0 Å². The fourth-order valence-electron chi connectivity index (χ4n) is 6.26. The van der Waals surface area contributed by atoms with E-state index >= 15 is 4.80 Å². The largest absolute Gasteiger partial charge is 0.296 e. The lowest BCUT2D eigenvalue weighted by Gasteiger charge is -2.56. The third kappa shape index (κ3) is 8.32. The zero-order chi connectivity index (χ0) is 22.6.